The van der Waals surface area contributed by atoms with Crippen molar-refractivity contribution in [2.24, 2.45) is 0 Å². The van der Waals surface area contributed by atoms with E-state index in [1.807, 2.05) is 13.0 Å². The zero-order valence-electron chi connectivity index (χ0n) is 16.3. The molecule has 0 amide bonds. The Labute approximate surface area is 157 Å². The summed E-state index contributed by atoms with van der Waals surface area (Å²) in [5.74, 6) is -4.35. The molecule has 3 N–H and O–H groups in total. The van der Waals surface area contributed by atoms with E-state index in [0.717, 1.165) is 25.7 Å². The Bertz CT molecular complexity index is 575. The molecule has 4 heteroatoms. The quantitative estimate of drug-likeness (QED) is 0.258. The Morgan fingerprint density at radius 2 is 1.96 bits per heavy atom. The van der Waals surface area contributed by atoms with Gasteiger partial charge in [0.25, 0.3) is 5.79 Å². The highest BCUT2D eigenvalue weighted by atomic mass is 16.5. The van der Waals surface area contributed by atoms with E-state index in [4.69, 9.17) is 5.11 Å². The lowest BCUT2D eigenvalue weighted by Gasteiger charge is -2.16. The highest BCUT2D eigenvalue weighted by Crippen LogP contribution is 2.29. The summed E-state index contributed by atoms with van der Waals surface area (Å²) in [7, 11) is 0. The summed E-state index contributed by atoms with van der Waals surface area (Å²) in [6.45, 7) is 4.08. The van der Waals surface area contributed by atoms with E-state index in [0.29, 0.717) is 12.0 Å². The average Bonchev–Trinajstić information content (AvgIpc) is 3.04. The number of hydrogen-bond donors (Lipinski definition) is 3. The predicted molar refractivity (Wildman–Crippen MR) is 105 cm³/mol. The molecule has 4 nitrogen and oxygen atoms in total. The fourth-order valence-electron chi connectivity index (χ4n) is 3.15. The first kappa shape index (κ1) is 22.4. The summed E-state index contributed by atoms with van der Waals surface area (Å²) < 4.78 is 0. The van der Waals surface area contributed by atoms with Gasteiger partial charge in [0.2, 0.25) is 0 Å². The Kier molecular flexibility index (Phi) is 10.3. The molecule has 0 spiro atoms. The molecule has 0 aliphatic heterocycles. The summed E-state index contributed by atoms with van der Waals surface area (Å²) in [5.41, 5.74) is 6.50. The minimum atomic E-state index is -2.72. The molecule has 0 saturated carbocycles. The molecular formula is C22H34O4. The summed E-state index contributed by atoms with van der Waals surface area (Å²) in [5, 5.41) is 27.8. The van der Waals surface area contributed by atoms with Crippen LogP contribution in [0.1, 0.15) is 84.5 Å². The number of hydrogen-bond acceptors (Lipinski definition) is 3. The fourth-order valence-corrected chi connectivity index (χ4v) is 3.15. The van der Waals surface area contributed by atoms with Crippen molar-refractivity contribution in [2.75, 3.05) is 0 Å². The molecule has 26 heavy (non-hydrogen) atoms. The second-order valence-electron chi connectivity index (χ2n) is 7.04. The van der Waals surface area contributed by atoms with Crippen molar-refractivity contribution in [3.8, 4) is 0 Å². The van der Waals surface area contributed by atoms with Crippen LogP contribution in [-0.4, -0.2) is 27.1 Å². The van der Waals surface area contributed by atoms with Crippen LogP contribution in [-0.2, 0) is 4.79 Å². The van der Waals surface area contributed by atoms with Gasteiger partial charge in [0.1, 0.15) is 0 Å². The standard InChI is InChI=1S/C22H34O4/c1-3-5-6-7-8-9-13-19-15-11-16-20(19)14-10-12-18(4-2)17-22(25,26)21(23)24/h9-10,13,25-26H,3-8,11,14-17H2,1-2H3,(H,23,24)/b13-9+. The number of carboxylic acid groups (broad SMARTS) is 1. The van der Waals surface area contributed by atoms with E-state index >= 15 is 0 Å². The molecule has 1 aliphatic carbocycles. The molecule has 0 fully saturated rings. The van der Waals surface area contributed by atoms with Crippen LogP contribution in [0.5, 0.6) is 0 Å². The van der Waals surface area contributed by atoms with Crippen molar-refractivity contribution in [3.63, 3.8) is 0 Å². The van der Waals surface area contributed by atoms with Crippen molar-refractivity contribution in [1.82, 2.24) is 0 Å². The van der Waals surface area contributed by atoms with Gasteiger partial charge in [-0.1, -0.05) is 50.8 Å². The predicted octanol–water partition coefficient (Wildman–Crippen LogP) is 5.03. The number of rotatable bonds is 12. The molecule has 0 heterocycles. The fraction of sp³-hybridized carbons (Fsp3) is 0.636. The van der Waals surface area contributed by atoms with Gasteiger partial charge in [-0.15, -0.1) is 5.73 Å². The normalized spacial score (nSPS) is 14.8. The van der Waals surface area contributed by atoms with Crippen molar-refractivity contribution < 1.29 is 20.1 Å². The van der Waals surface area contributed by atoms with Crippen LogP contribution in [0.3, 0.4) is 0 Å². The minimum Gasteiger partial charge on any atom is -0.477 e. The van der Waals surface area contributed by atoms with Crippen LogP contribution >= 0.6 is 0 Å². The van der Waals surface area contributed by atoms with Gasteiger partial charge >= 0.3 is 5.97 Å². The second kappa shape index (κ2) is 11.9. The molecule has 0 unspecified atom stereocenters. The first-order valence-electron chi connectivity index (χ1n) is 9.89. The molecule has 0 bridgehead atoms. The van der Waals surface area contributed by atoms with E-state index < -0.39 is 11.8 Å². The minimum absolute atomic E-state index is 0.321. The Morgan fingerprint density at radius 3 is 2.62 bits per heavy atom. The van der Waals surface area contributed by atoms with Crippen molar-refractivity contribution >= 4 is 5.97 Å². The summed E-state index contributed by atoms with van der Waals surface area (Å²) in [6, 6.07) is 0. The van der Waals surface area contributed by atoms with E-state index in [9.17, 15) is 15.0 Å². The van der Waals surface area contributed by atoms with Gasteiger partial charge in [0.15, 0.2) is 0 Å². The lowest BCUT2D eigenvalue weighted by molar-refractivity contribution is -0.202. The van der Waals surface area contributed by atoms with Crippen LogP contribution in [0.2, 0.25) is 0 Å². The van der Waals surface area contributed by atoms with Crippen LogP contribution in [0.4, 0.5) is 0 Å². The number of allylic oxidation sites excluding steroid dienone is 4. The van der Waals surface area contributed by atoms with E-state index in [1.54, 1.807) is 0 Å². The maximum atomic E-state index is 10.8. The SMILES string of the molecule is CCCCCC/C=C/C1=C(CC=C=C(CC)CC(O)(O)C(=O)O)CCC1. The first-order valence-corrected chi connectivity index (χ1v) is 9.89. The van der Waals surface area contributed by atoms with Crippen molar-refractivity contribution in [1.29, 1.82) is 0 Å². The van der Waals surface area contributed by atoms with Crippen molar-refractivity contribution in [2.45, 2.75) is 90.3 Å². The van der Waals surface area contributed by atoms with Crippen LogP contribution in [0, 0.1) is 0 Å². The van der Waals surface area contributed by atoms with Crippen LogP contribution in [0.15, 0.2) is 40.7 Å². The summed E-state index contributed by atoms with van der Waals surface area (Å²) in [4.78, 5) is 10.8. The number of carbonyl (C=O) groups is 1. The third kappa shape index (κ3) is 8.18. The Hall–Kier alpha value is -1.61. The molecule has 0 aromatic carbocycles. The van der Waals surface area contributed by atoms with E-state index in [2.05, 4.69) is 24.8 Å². The first-order chi connectivity index (χ1) is 12.4. The number of unbranched alkanes of at least 4 members (excludes halogenated alkanes) is 4. The van der Waals surface area contributed by atoms with Gasteiger partial charge in [0, 0.05) is 6.42 Å². The number of aliphatic hydroxyl groups is 2. The highest BCUT2D eigenvalue weighted by molar-refractivity contribution is 5.75. The van der Waals surface area contributed by atoms with Crippen molar-refractivity contribution in [3.05, 3.63) is 40.7 Å². The summed E-state index contributed by atoms with van der Waals surface area (Å²) in [6.07, 6.45) is 17.1. The highest BCUT2D eigenvalue weighted by Gasteiger charge is 2.33. The molecule has 146 valence electrons. The van der Waals surface area contributed by atoms with Gasteiger partial charge < -0.3 is 15.3 Å². The maximum Gasteiger partial charge on any atom is 0.364 e. The van der Waals surface area contributed by atoms with Crippen LogP contribution < -0.4 is 0 Å². The zero-order chi connectivity index (χ0) is 19.4. The summed E-state index contributed by atoms with van der Waals surface area (Å²) >= 11 is 0. The van der Waals surface area contributed by atoms with Crippen LogP contribution in [0.25, 0.3) is 0 Å². The molecule has 0 aromatic rings. The molecule has 1 rings (SSSR count). The topological polar surface area (TPSA) is 77.8 Å². The molecule has 1 aliphatic rings. The molecule has 0 atom stereocenters. The third-order valence-corrected chi connectivity index (χ3v) is 4.81. The monoisotopic (exact) mass is 362 g/mol. The van der Waals surface area contributed by atoms with E-state index in [1.165, 1.54) is 43.3 Å². The largest absolute Gasteiger partial charge is 0.477 e. The Morgan fingerprint density at radius 1 is 1.19 bits per heavy atom. The zero-order valence-corrected chi connectivity index (χ0v) is 16.3. The Balaban J connectivity index is 2.64. The van der Waals surface area contributed by atoms with E-state index in [-0.39, 0.29) is 6.42 Å². The van der Waals surface area contributed by atoms with Gasteiger partial charge in [-0.2, -0.15) is 0 Å². The van der Waals surface area contributed by atoms with Gasteiger partial charge in [-0.3, -0.25) is 0 Å². The smallest absolute Gasteiger partial charge is 0.364 e. The molecule has 0 radical (unpaired) electrons. The lowest BCUT2D eigenvalue weighted by Crippen LogP contribution is -2.38. The molecule has 0 aromatic heterocycles. The number of carboxylic acids is 1. The molecular weight excluding hydrogens is 328 g/mol. The second-order valence-corrected chi connectivity index (χ2v) is 7.04. The average molecular weight is 363 g/mol. The third-order valence-electron chi connectivity index (χ3n) is 4.81. The lowest BCUT2D eigenvalue weighted by atomic mass is 10.0. The van der Waals surface area contributed by atoms with Gasteiger partial charge in [0.05, 0.1) is 0 Å². The molecule has 0 saturated heterocycles. The number of aliphatic carboxylic acids is 1. The van der Waals surface area contributed by atoms with Gasteiger partial charge in [-0.25, -0.2) is 4.79 Å². The maximum absolute atomic E-state index is 10.8. The van der Waals surface area contributed by atoms with Gasteiger partial charge in [-0.05, 0) is 62.2 Å².